The van der Waals surface area contributed by atoms with Gasteiger partial charge in [-0.15, -0.1) is 11.6 Å². The number of rotatable bonds is 4. The Morgan fingerprint density at radius 2 is 1.71 bits per heavy atom. The molecule has 0 saturated carbocycles. The van der Waals surface area contributed by atoms with Crippen LogP contribution < -0.4 is 0 Å². The second-order valence-corrected chi connectivity index (χ2v) is 6.51. The van der Waals surface area contributed by atoms with Crippen molar-refractivity contribution in [1.82, 2.24) is 4.31 Å². The minimum absolute atomic E-state index is 0.387. The molecule has 0 N–H and O–H groups in total. The number of sulfonamides is 1. The van der Waals surface area contributed by atoms with Crippen LogP contribution in [0.2, 0.25) is 0 Å². The summed E-state index contributed by atoms with van der Waals surface area (Å²) in [5, 5.41) is 0. The SMILES string of the molecule is O=S(=O)(c1ccc(CCCl)cc1)N1CCCC1. The fourth-order valence-corrected chi connectivity index (χ4v) is 3.75. The number of benzene rings is 1. The molecule has 2 rings (SSSR count). The molecule has 1 fully saturated rings. The first-order valence-corrected chi connectivity index (χ1v) is 7.77. The van der Waals surface area contributed by atoms with Gasteiger partial charge >= 0.3 is 0 Å². The summed E-state index contributed by atoms with van der Waals surface area (Å²) in [6.45, 7) is 1.29. The van der Waals surface area contributed by atoms with Gasteiger partial charge in [-0.2, -0.15) is 4.31 Å². The molecule has 17 heavy (non-hydrogen) atoms. The van der Waals surface area contributed by atoms with Gasteiger partial charge in [-0.05, 0) is 37.0 Å². The molecule has 0 bridgehead atoms. The van der Waals surface area contributed by atoms with Crippen LogP contribution in [0, 0.1) is 0 Å². The van der Waals surface area contributed by atoms with Gasteiger partial charge in [0.2, 0.25) is 10.0 Å². The van der Waals surface area contributed by atoms with Crippen molar-refractivity contribution in [2.45, 2.75) is 24.2 Å². The van der Waals surface area contributed by atoms with Crippen LogP contribution in [0.4, 0.5) is 0 Å². The molecule has 1 heterocycles. The molecule has 0 radical (unpaired) electrons. The van der Waals surface area contributed by atoms with Gasteiger partial charge in [-0.25, -0.2) is 8.42 Å². The number of halogens is 1. The summed E-state index contributed by atoms with van der Waals surface area (Å²) in [7, 11) is -3.27. The maximum atomic E-state index is 12.2. The molecule has 0 atom stereocenters. The van der Waals surface area contributed by atoms with E-state index in [9.17, 15) is 8.42 Å². The van der Waals surface area contributed by atoms with Gasteiger partial charge in [0, 0.05) is 19.0 Å². The van der Waals surface area contributed by atoms with Gasteiger partial charge in [-0.1, -0.05) is 12.1 Å². The summed E-state index contributed by atoms with van der Waals surface area (Å²) in [5.74, 6) is 0.554. The Labute approximate surface area is 107 Å². The van der Waals surface area contributed by atoms with E-state index in [4.69, 9.17) is 11.6 Å². The lowest BCUT2D eigenvalue weighted by molar-refractivity contribution is 0.477. The fourth-order valence-electron chi connectivity index (χ4n) is 2.01. The number of hydrogen-bond acceptors (Lipinski definition) is 2. The van der Waals surface area contributed by atoms with Gasteiger partial charge in [-0.3, -0.25) is 0 Å². The molecule has 1 aliphatic heterocycles. The lowest BCUT2D eigenvalue weighted by Gasteiger charge is -2.15. The Balaban J connectivity index is 2.21. The van der Waals surface area contributed by atoms with Crippen LogP contribution in [0.3, 0.4) is 0 Å². The van der Waals surface area contributed by atoms with E-state index in [0.717, 1.165) is 24.8 Å². The Morgan fingerprint density at radius 3 is 2.24 bits per heavy atom. The van der Waals surface area contributed by atoms with Crippen LogP contribution in [0.5, 0.6) is 0 Å². The van der Waals surface area contributed by atoms with Crippen molar-refractivity contribution in [3.05, 3.63) is 29.8 Å². The third kappa shape index (κ3) is 2.81. The zero-order valence-corrected chi connectivity index (χ0v) is 11.2. The van der Waals surface area contributed by atoms with Gasteiger partial charge in [0.15, 0.2) is 0 Å². The standard InChI is InChI=1S/C12H16ClNO2S/c13-8-7-11-3-5-12(6-4-11)17(15,16)14-9-1-2-10-14/h3-6H,1-2,7-10H2. The molecule has 1 aliphatic rings. The van der Waals surface area contributed by atoms with E-state index in [0.29, 0.717) is 23.9 Å². The van der Waals surface area contributed by atoms with E-state index in [1.54, 1.807) is 16.4 Å². The Morgan fingerprint density at radius 1 is 1.12 bits per heavy atom. The van der Waals surface area contributed by atoms with E-state index < -0.39 is 10.0 Å². The van der Waals surface area contributed by atoms with Gasteiger partial charge in [0.25, 0.3) is 0 Å². The predicted molar refractivity (Wildman–Crippen MR) is 68.9 cm³/mol. The topological polar surface area (TPSA) is 37.4 Å². The minimum atomic E-state index is -3.27. The molecule has 1 aromatic carbocycles. The highest BCUT2D eigenvalue weighted by Crippen LogP contribution is 2.21. The van der Waals surface area contributed by atoms with Crippen molar-refractivity contribution in [2.24, 2.45) is 0 Å². The summed E-state index contributed by atoms with van der Waals surface area (Å²) in [6.07, 6.45) is 2.69. The largest absolute Gasteiger partial charge is 0.243 e. The van der Waals surface area contributed by atoms with Gasteiger partial charge < -0.3 is 0 Å². The van der Waals surface area contributed by atoms with Crippen molar-refractivity contribution in [1.29, 1.82) is 0 Å². The molecule has 1 aromatic rings. The second-order valence-electron chi connectivity index (χ2n) is 4.19. The fraction of sp³-hybridized carbons (Fsp3) is 0.500. The third-order valence-electron chi connectivity index (χ3n) is 3.01. The quantitative estimate of drug-likeness (QED) is 0.789. The Bertz CT molecular complexity index is 464. The van der Waals surface area contributed by atoms with Gasteiger partial charge in [0.05, 0.1) is 4.90 Å². The van der Waals surface area contributed by atoms with E-state index in [1.165, 1.54) is 0 Å². The number of hydrogen-bond donors (Lipinski definition) is 0. The van der Waals surface area contributed by atoms with E-state index in [2.05, 4.69) is 0 Å². The first-order chi connectivity index (χ1) is 8.14. The summed E-state index contributed by atoms with van der Waals surface area (Å²) in [4.78, 5) is 0.387. The van der Waals surface area contributed by atoms with Crippen molar-refractivity contribution in [3.8, 4) is 0 Å². The van der Waals surface area contributed by atoms with Crippen LogP contribution in [0.1, 0.15) is 18.4 Å². The highest BCUT2D eigenvalue weighted by Gasteiger charge is 2.26. The first kappa shape index (κ1) is 12.9. The highest BCUT2D eigenvalue weighted by molar-refractivity contribution is 7.89. The van der Waals surface area contributed by atoms with E-state index in [1.807, 2.05) is 12.1 Å². The van der Waals surface area contributed by atoms with Crippen LogP contribution in [-0.4, -0.2) is 31.7 Å². The number of aryl methyl sites for hydroxylation is 1. The molecular weight excluding hydrogens is 258 g/mol. The molecule has 94 valence electrons. The van der Waals surface area contributed by atoms with Crippen LogP contribution >= 0.6 is 11.6 Å². The van der Waals surface area contributed by atoms with Crippen LogP contribution in [-0.2, 0) is 16.4 Å². The first-order valence-electron chi connectivity index (χ1n) is 5.79. The average Bonchev–Trinajstić information content (AvgIpc) is 2.84. The van der Waals surface area contributed by atoms with Crippen molar-refractivity contribution in [3.63, 3.8) is 0 Å². The van der Waals surface area contributed by atoms with E-state index in [-0.39, 0.29) is 0 Å². The summed E-state index contributed by atoms with van der Waals surface area (Å²) >= 11 is 5.64. The van der Waals surface area contributed by atoms with E-state index >= 15 is 0 Å². The smallest absolute Gasteiger partial charge is 0.207 e. The summed E-state index contributed by atoms with van der Waals surface area (Å²) in [5.41, 5.74) is 1.07. The molecule has 0 amide bonds. The lowest BCUT2D eigenvalue weighted by Crippen LogP contribution is -2.27. The lowest BCUT2D eigenvalue weighted by atomic mass is 10.2. The predicted octanol–water partition coefficient (Wildman–Crippen LogP) is 2.25. The second kappa shape index (κ2) is 5.38. The normalized spacial score (nSPS) is 17.5. The van der Waals surface area contributed by atoms with Crippen molar-refractivity contribution < 1.29 is 8.42 Å². The number of nitrogens with zero attached hydrogens (tertiary/aromatic N) is 1. The summed E-state index contributed by atoms with van der Waals surface area (Å²) in [6, 6.07) is 7.03. The highest BCUT2D eigenvalue weighted by atomic mass is 35.5. The molecular formula is C12H16ClNO2S. The minimum Gasteiger partial charge on any atom is -0.207 e. The monoisotopic (exact) mass is 273 g/mol. The molecule has 5 heteroatoms. The maximum Gasteiger partial charge on any atom is 0.243 e. The van der Waals surface area contributed by atoms with Crippen molar-refractivity contribution >= 4 is 21.6 Å². The van der Waals surface area contributed by atoms with Crippen LogP contribution in [0.15, 0.2) is 29.2 Å². The maximum absolute atomic E-state index is 12.2. The third-order valence-corrected chi connectivity index (χ3v) is 5.11. The molecule has 0 unspecified atom stereocenters. The molecule has 0 aromatic heterocycles. The summed E-state index contributed by atoms with van der Waals surface area (Å²) < 4.78 is 26.0. The molecule has 3 nitrogen and oxygen atoms in total. The van der Waals surface area contributed by atoms with Crippen molar-refractivity contribution in [2.75, 3.05) is 19.0 Å². The van der Waals surface area contributed by atoms with Gasteiger partial charge in [0.1, 0.15) is 0 Å². The molecule has 1 saturated heterocycles. The zero-order valence-electron chi connectivity index (χ0n) is 9.60. The zero-order chi connectivity index (χ0) is 12.3. The Hall–Kier alpha value is -0.580. The molecule has 0 spiro atoms. The molecule has 0 aliphatic carbocycles. The average molecular weight is 274 g/mol. The number of alkyl halides is 1. The van der Waals surface area contributed by atoms with Crippen LogP contribution in [0.25, 0.3) is 0 Å². The Kier molecular flexibility index (Phi) is 4.07.